The van der Waals surface area contributed by atoms with Crippen LogP contribution in [-0.2, 0) is 0 Å². The molecule has 2 atom stereocenters. The normalized spacial score (nSPS) is 22.5. The average Bonchev–Trinajstić information content (AvgIpc) is 2.93. The van der Waals surface area contributed by atoms with Gasteiger partial charge in [0.1, 0.15) is 0 Å². The second kappa shape index (κ2) is 6.46. The largest absolute Gasteiger partial charge is 0.326 e. The van der Waals surface area contributed by atoms with E-state index in [0.717, 1.165) is 23.1 Å². The quantitative estimate of drug-likeness (QED) is 0.588. The van der Waals surface area contributed by atoms with E-state index in [4.69, 9.17) is 4.98 Å². The summed E-state index contributed by atoms with van der Waals surface area (Å²) in [5.74, 6) is 1.70. The van der Waals surface area contributed by atoms with Gasteiger partial charge < -0.3 is 9.88 Å². The molecule has 3 heteroatoms. The summed E-state index contributed by atoms with van der Waals surface area (Å²) in [5, 5.41) is 3.58. The summed E-state index contributed by atoms with van der Waals surface area (Å²) in [4.78, 5) is 4.93. The van der Waals surface area contributed by atoms with E-state index in [1.165, 1.54) is 30.3 Å². The van der Waals surface area contributed by atoms with Gasteiger partial charge in [0.15, 0.2) is 0 Å². The van der Waals surface area contributed by atoms with Crippen molar-refractivity contribution in [2.75, 3.05) is 5.32 Å². The minimum absolute atomic E-state index is 0.370. The van der Waals surface area contributed by atoms with Gasteiger partial charge in [0.25, 0.3) is 0 Å². The third kappa shape index (κ3) is 3.35. The van der Waals surface area contributed by atoms with E-state index in [0.29, 0.717) is 11.5 Å². The zero-order chi connectivity index (χ0) is 18.3. The van der Waals surface area contributed by atoms with Gasteiger partial charge in [-0.05, 0) is 61.8 Å². The molecule has 1 fully saturated rings. The van der Waals surface area contributed by atoms with Crippen molar-refractivity contribution in [3.05, 3.63) is 54.1 Å². The van der Waals surface area contributed by atoms with Crippen molar-refractivity contribution in [1.29, 1.82) is 0 Å². The number of aryl methyl sites for hydroxylation is 1. The smallest absolute Gasteiger partial charge is 0.208 e. The Morgan fingerprint density at radius 1 is 1.04 bits per heavy atom. The van der Waals surface area contributed by atoms with E-state index in [2.05, 4.69) is 86.1 Å². The molecule has 1 N–H and O–H groups in total. The molecule has 0 aliphatic heterocycles. The zero-order valence-electron chi connectivity index (χ0n) is 16.3. The first-order valence-electron chi connectivity index (χ1n) is 9.72. The topological polar surface area (TPSA) is 29.9 Å². The fourth-order valence-corrected chi connectivity index (χ4v) is 4.76. The van der Waals surface area contributed by atoms with E-state index >= 15 is 0 Å². The Labute approximate surface area is 156 Å². The number of anilines is 2. The number of para-hydroxylation sites is 2. The first kappa shape index (κ1) is 17.1. The van der Waals surface area contributed by atoms with Crippen molar-refractivity contribution in [2.45, 2.75) is 53.0 Å². The molecule has 4 rings (SSSR count). The highest BCUT2D eigenvalue weighted by Gasteiger charge is 2.34. The van der Waals surface area contributed by atoms with Crippen molar-refractivity contribution in [1.82, 2.24) is 9.55 Å². The molecule has 1 aromatic heterocycles. The van der Waals surface area contributed by atoms with Crippen molar-refractivity contribution in [3.8, 4) is 0 Å². The fourth-order valence-electron chi connectivity index (χ4n) is 4.76. The summed E-state index contributed by atoms with van der Waals surface area (Å²) in [5.41, 5.74) is 5.03. The van der Waals surface area contributed by atoms with Crippen LogP contribution < -0.4 is 5.32 Å². The fraction of sp³-hybridized carbons (Fsp3) is 0.435. The highest BCUT2D eigenvalue weighted by atomic mass is 15.2. The Kier molecular flexibility index (Phi) is 4.26. The standard InChI is InChI=1S/C23H29N3/c1-16-9-11-18(12-10-16)24-22-25-20-7-5-6-8-21(20)26(22)19-13-17(2)14-23(3,4)15-19/h5-12,17,19H,13-15H2,1-4H3,(H,24,25)/t17-,19-/m1/s1. The monoisotopic (exact) mass is 347 g/mol. The second-order valence-corrected chi connectivity index (χ2v) is 8.85. The van der Waals surface area contributed by atoms with Crippen LogP contribution in [-0.4, -0.2) is 9.55 Å². The summed E-state index contributed by atoms with van der Waals surface area (Å²) in [7, 11) is 0. The lowest BCUT2D eigenvalue weighted by Gasteiger charge is -2.40. The van der Waals surface area contributed by atoms with Crippen LogP contribution in [0.5, 0.6) is 0 Å². The van der Waals surface area contributed by atoms with Crippen LogP contribution in [0, 0.1) is 18.3 Å². The molecule has 0 unspecified atom stereocenters. The van der Waals surface area contributed by atoms with Crippen LogP contribution in [0.3, 0.4) is 0 Å². The van der Waals surface area contributed by atoms with Crippen LogP contribution in [0.25, 0.3) is 11.0 Å². The molecule has 3 aromatic rings. The van der Waals surface area contributed by atoms with Crippen LogP contribution in [0.2, 0.25) is 0 Å². The van der Waals surface area contributed by atoms with Gasteiger partial charge in [-0.1, -0.05) is 50.6 Å². The van der Waals surface area contributed by atoms with E-state index in [-0.39, 0.29) is 0 Å². The van der Waals surface area contributed by atoms with Gasteiger partial charge in [0, 0.05) is 11.7 Å². The lowest BCUT2D eigenvalue weighted by molar-refractivity contribution is 0.140. The van der Waals surface area contributed by atoms with Gasteiger partial charge in [0.05, 0.1) is 11.0 Å². The van der Waals surface area contributed by atoms with Gasteiger partial charge in [-0.25, -0.2) is 4.98 Å². The Bertz CT molecular complexity index is 905. The predicted octanol–water partition coefficient (Wildman–Crippen LogP) is 6.48. The first-order valence-corrected chi connectivity index (χ1v) is 9.72. The van der Waals surface area contributed by atoms with E-state index in [1.54, 1.807) is 0 Å². The summed E-state index contributed by atoms with van der Waals surface area (Å²) < 4.78 is 2.45. The maximum Gasteiger partial charge on any atom is 0.208 e. The number of nitrogens with one attached hydrogen (secondary N) is 1. The van der Waals surface area contributed by atoms with Gasteiger partial charge in [-0.2, -0.15) is 0 Å². The maximum atomic E-state index is 4.93. The molecular formula is C23H29N3. The third-order valence-electron chi connectivity index (χ3n) is 5.63. The minimum atomic E-state index is 0.370. The van der Waals surface area contributed by atoms with Crippen LogP contribution in [0.15, 0.2) is 48.5 Å². The molecule has 1 heterocycles. The molecule has 0 saturated heterocycles. The maximum absolute atomic E-state index is 4.93. The van der Waals surface area contributed by atoms with Gasteiger partial charge >= 0.3 is 0 Å². The van der Waals surface area contributed by atoms with E-state index < -0.39 is 0 Å². The molecule has 0 radical (unpaired) electrons. The molecule has 0 amide bonds. The molecule has 3 nitrogen and oxygen atoms in total. The molecule has 136 valence electrons. The van der Waals surface area contributed by atoms with Crippen LogP contribution >= 0.6 is 0 Å². The number of fused-ring (bicyclic) bond motifs is 1. The Balaban J connectivity index is 1.77. The zero-order valence-corrected chi connectivity index (χ0v) is 16.3. The molecular weight excluding hydrogens is 318 g/mol. The molecule has 1 aliphatic carbocycles. The summed E-state index contributed by atoms with van der Waals surface area (Å²) in [6, 6.07) is 17.5. The molecule has 0 bridgehead atoms. The molecule has 1 aliphatic rings. The number of benzene rings is 2. The molecule has 1 saturated carbocycles. The number of nitrogens with zero attached hydrogens (tertiary/aromatic N) is 2. The SMILES string of the molecule is Cc1ccc(Nc2nc3ccccc3n2[C@@H]2C[C@@H](C)CC(C)(C)C2)cc1. The molecule has 26 heavy (non-hydrogen) atoms. The molecule has 2 aromatic carbocycles. The lowest BCUT2D eigenvalue weighted by atomic mass is 9.70. The molecule has 0 spiro atoms. The summed E-state index contributed by atoms with van der Waals surface area (Å²) in [6.07, 6.45) is 3.71. The minimum Gasteiger partial charge on any atom is -0.326 e. The Hall–Kier alpha value is -2.29. The van der Waals surface area contributed by atoms with Crippen LogP contribution in [0.1, 0.15) is 51.6 Å². The first-order chi connectivity index (χ1) is 12.4. The summed E-state index contributed by atoms with van der Waals surface area (Å²) >= 11 is 0. The predicted molar refractivity (Wildman–Crippen MR) is 110 cm³/mol. The van der Waals surface area contributed by atoms with Crippen molar-refractivity contribution >= 4 is 22.7 Å². The van der Waals surface area contributed by atoms with Gasteiger partial charge in [-0.15, -0.1) is 0 Å². The Morgan fingerprint density at radius 2 is 1.77 bits per heavy atom. The number of imidazole rings is 1. The van der Waals surface area contributed by atoms with Crippen LogP contribution in [0.4, 0.5) is 11.6 Å². The number of aromatic nitrogens is 2. The van der Waals surface area contributed by atoms with Gasteiger partial charge in [0.2, 0.25) is 5.95 Å². The Morgan fingerprint density at radius 3 is 2.50 bits per heavy atom. The second-order valence-electron chi connectivity index (χ2n) is 8.85. The number of rotatable bonds is 3. The number of hydrogen-bond acceptors (Lipinski definition) is 2. The lowest BCUT2D eigenvalue weighted by Crippen LogP contribution is -2.29. The third-order valence-corrected chi connectivity index (χ3v) is 5.63. The van der Waals surface area contributed by atoms with Gasteiger partial charge in [-0.3, -0.25) is 0 Å². The van der Waals surface area contributed by atoms with Crippen molar-refractivity contribution in [2.24, 2.45) is 11.3 Å². The average molecular weight is 348 g/mol. The highest BCUT2D eigenvalue weighted by Crippen LogP contribution is 2.45. The number of hydrogen-bond donors (Lipinski definition) is 1. The van der Waals surface area contributed by atoms with E-state index in [9.17, 15) is 0 Å². The van der Waals surface area contributed by atoms with Crippen molar-refractivity contribution < 1.29 is 0 Å². The van der Waals surface area contributed by atoms with Crippen molar-refractivity contribution in [3.63, 3.8) is 0 Å². The highest BCUT2D eigenvalue weighted by molar-refractivity contribution is 5.80. The van der Waals surface area contributed by atoms with E-state index in [1.807, 2.05) is 0 Å². The summed E-state index contributed by atoms with van der Waals surface area (Å²) in [6.45, 7) is 9.31.